The second kappa shape index (κ2) is 25.5. The lowest BCUT2D eigenvalue weighted by molar-refractivity contribution is -0.129. The van der Waals surface area contributed by atoms with Crippen molar-refractivity contribution in [2.75, 3.05) is 6.61 Å². The molecule has 4 atom stereocenters. The van der Waals surface area contributed by atoms with E-state index in [1.165, 1.54) is 0 Å². The summed E-state index contributed by atoms with van der Waals surface area (Å²) in [5.41, 5.74) is 25.2. The molecule has 0 radical (unpaired) electrons. The van der Waals surface area contributed by atoms with E-state index in [9.17, 15) is 10.2 Å². The summed E-state index contributed by atoms with van der Waals surface area (Å²) in [6.45, 7) is 1.37. The lowest BCUT2D eigenvalue weighted by atomic mass is 9.70. The lowest BCUT2D eigenvalue weighted by Gasteiger charge is -2.38. The van der Waals surface area contributed by atoms with E-state index in [1.807, 2.05) is 121 Å². The van der Waals surface area contributed by atoms with Gasteiger partial charge in [-0.3, -0.25) is 4.79 Å². The minimum atomic E-state index is -2.15. The quantitative estimate of drug-likeness (QED) is 0.0791. The Morgan fingerprint density at radius 2 is 0.551 bits per heavy atom. The molecule has 14 aromatic rings. The van der Waals surface area contributed by atoms with E-state index >= 15 is 4.79 Å². The number of hydrogen-bond donors (Lipinski definition) is 6. The zero-order chi connectivity index (χ0) is 71.4. The molecule has 10 heterocycles. The SMILES string of the molecule is CCC1C2=C(C(=O)C3C4=C(c5nc4c(-c4ccccc4)c4ccc([nH]4)c(-c4ccccc4)c4nc(c(-c6ccccc6)c6ccc([nH]6)c5-c5ccccc5)C=C4)C1C3(O)CO)c1nc2c(-c2ccccc2)c2ccc([nH]2)c(-c2ccccc2)c2nc(c(-c3ccccc3)c3ccc([nH]3)c1-c1ccccc1)C=C2. The van der Waals surface area contributed by atoms with Gasteiger partial charge in [-0.2, -0.15) is 0 Å². The van der Waals surface area contributed by atoms with Gasteiger partial charge in [-0.25, -0.2) is 19.9 Å². The van der Waals surface area contributed by atoms with Crippen LogP contribution in [0.3, 0.4) is 0 Å². The summed E-state index contributed by atoms with van der Waals surface area (Å²) in [6, 6.07) is 99.4. The van der Waals surface area contributed by atoms with Crippen LogP contribution in [0.1, 0.15) is 58.9 Å². The van der Waals surface area contributed by atoms with Gasteiger partial charge in [0.15, 0.2) is 5.78 Å². The number of nitrogens with zero attached hydrogens (tertiary/aromatic N) is 4. The number of H-pyrrole nitrogens is 4. The molecule has 510 valence electrons. The first-order valence-corrected chi connectivity index (χ1v) is 36.6. The van der Waals surface area contributed by atoms with Gasteiger partial charge in [0, 0.05) is 94.6 Å². The van der Waals surface area contributed by atoms with Crippen LogP contribution in [0.2, 0.25) is 0 Å². The number of carbonyl (C=O) groups is 1. The third-order valence-corrected chi connectivity index (χ3v) is 22.3. The van der Waals surface area contributed by atoms with Gasteiger partial charge in [0.25, 0.3) is 0 Å². The van der Waals surface area contributed by atoms with Crippen molar-refractivity contribution in [3.8, 4) is 89.0 Å². The monoisotopic (exact) mass is 1380 g/mol. The molecular weight excluding hydrogens is 1310 g/mol. The second-order valence-corrected chi connectivity index (χ2v) is 28.2. The van der Waals surface area contributed by atoms with Gasteiger partial charge in [0.1, 0.15) is 5.60 Å². The van der Waals surface area contributed by atoms with E-state index < -0.39 is 30.0 Å². The predicted octanol–water partition coefficient (Wildman–Crippen LogP) is 21.7. The van der Waals surface area contributed by atoms with Gasteiger partial charge in [0.2, 0.25) is 0 Å². The number of aliphatic hydroxyl groups excluding tert-OH is 1. The zero-order valence-electron chi connectivity index (χ0n) is 58.3. The number of nitrogens with one attached hydrogen (secondary N) is 4. The summed E-state index contributed by atoms with van der Waals surface area (Å²) in [4.78, 5) is 57.7. The van der Waals surface area contributed by atoms with E-state index in [0.717, 1.165) is 139 Å². The first-order valence-electron chi connectivity index (χ1n) is 36.6. The first-order chi connectivity index (χ1) is 52.8. The Kier molecular flexibility index (Phi) is 15.1. The van der Waals surface area contributed by atoms with Crippen LogP contribution in [-0.2, 0) is 4.79 Å². The van der Waals surface area contributed by atoms with E-state index in [2.05, 4.69) is 221 Å². The van der Waals surface area contributed by atoms with Crippen LogP contribution in [0.25, 0.3) is 180 Å². The fraction of sp³-hybridized carbons (Fsp3) is 0.0729. The number of aromatic nitrogens is 8. The lowest BCUT2D eigenvalue weighted by Crippen LogP contribution is -2.49. The summed E-state index contributed by atoms with van der Waals surface area (Å²) >= 11 is 0. The van der Waals surface area contributed by atoms with Crippen LogP contribution in [-0.4, -0.2) is 68.1 Å². The van der Waals surface area contributed by atoms with E-state index in [-0.39, 0.29) is 5.78 Å². The minimum absolute atomic E-state index is 0.367. The first kappa shape index (κ1) is 63.3. The summed E-state index contributed by atoms with van der Waals surface area (Å²) < 4.78 is 0. The standard InChI is InChI=1S/C96H68N8O3/c1-2-64-85-88(94-84(63-41-25-10-26-42-63)76-54-50-72(102-76)80(59-33-17-6-18-34-59)68-46-43-65(97-68)77(56-27-11-3-12-28-56)69-47-51-73(99-69)81(91(85)103-94)60-35-19-7-20-36-60)95(106)90-87-86(89(64)96(90,107)55-105)92-82(61-37-21-8-22-38-61)74-52-48-70(100-74)78(57-29-13-4-14-30-57)66-44-45-67(98-66)79(58-31-15-5-16-32-58)71-49-53-75(101-71)83(93(87)104-92)62-39-23-9-24-40-62/h3-54,64,89-90,99-102,105,107H,2,55H2,1H3. The molecule has 4 aliphatic heterocycles. The number of hydrogen-bond acceptors (Lipinski definition) is 7. The molecule has 11 nitrogen and oxygen atoms in total. The Balaban J connectivity index is 0.965. The number of rotatable bonds is 10. The molecule has 6 aliphatic rings. The molecule has 2 aliphatic carbocycles. The zero-order valence-corrected chi connectivity index (χ0v) is 58.3. The fourth-order valence-electron chi connectivity index (χ4n) is 17.8. The molecule has 4 unspecified atom stereocenters. The van der Waals surface area contributed by atoms with Crippen molar-refractivity contribution in [2.45, 2.75) is 18.9 Å². The number of allylic oxidation sites excluding steroid dienone is 2. The number of benzene rings is 8. The summed E-state index contributed by atoms with van der Waals surface area (Å²) in [6.07, 6.45) is 8.81. The Morgan fingerprint density at radius 3 is 0.832 bits per heavy atom. The van der Waals surface area contributed by atoms with Crippen LogP contribution < -0.4 is 0 Å². The molecule has 8 aromatic carbocycles. The largest absolute Gasteiger partial charge is 0.393 e. The highest BCUT2D eigenvalue weighted by Gasteiger charge is 2.65. The van der Waals surface area contributed by atoms with Crippen molar-refractivity contribution in [2.24, 2.45) is 17.8 Å². The average Bonchev–Trinajstić information content (AvgIpc) is 1.50. The van der Waals surface area contributed by atoms with E-state index in [4.69, 9.17) is 19.9 Å². The van der Waals surface area contributed by atoms with Crippen molar-refractivity contribution in [3.05, 3.63) is 337 Å². The topological polar surface area (TPSA) is 172 Å². The van der Waals surface area contributed by atoms with Gasteiger partial charge in [-0.1, -0.05) is 250 Å². The Hall–Kier alpha value is -13.5. The molecule has 20 rings (SSSR count). The van der Waals surface area contributed by atoms with Crippen molar-refractivity contribution in [3.63, 3.8) is 0 Å². The van der Waals surface area contributed by atoms with Crippen molar-refractivity contribution in [1.29, 1.82) is 0 Å². The highest BCUT2D eigenvalue weighted by atomic mass is 16.3. The van der Waals surface area contributed by atoms with Gasteiger partial charge in [-0.05, 0) is 146 Å². The maximum Gasteiger partial charge on any atom is 0.175 e. The van der Waals surface area contributed by atoms with Gasteiger partial charge < -0.3 is 30.1 Å². The smallest absolute Gasteiger partial charge is 0.175 e. The molecule has 0 spiro atoms. The van der Waals surface area contributed by atoms with Crippen LogP contribution in [0.4, 0.5) is 0 Å². The molecule has 0 saturated carbocycles. The normalized spacial score (nSPS) is 17.0. The van der Waals surface area contributed by atoms with E-state index in [1.54, 1.807) is 0 Å². The number of aliphatic hydroxyl groups is 2. The summed E-state index contributed by atoms with van der Waals surface area (Å²) in [7, 11) is 0. The molecule has 0 amide bonds. The van der Waals surface area contributed by atoms with Gasteiger partial charge in [0.05, 0.1) is 63.6 Å². The Bertz CT molecular complexity index is 6480. The third-order valence-electron chi connectivity index (χ3n) is 22.3. The number of fused-ring (bicyclic) bond motifs is 24. The van der Waals surface area contributed by atoms with Gasteiger partial charge >= 0.3 is 0 Å². The number of Topliss-reactive ketones (excluding diaryl/α,β-unsaturated/α-hetero) is 1. The molecule has 0 saturated heterocycles. The Labute approximate surface area is 616 Å². The summed E-state index contributed by atoms with van der Waals surface area (Å²) in [5, 5.41) is 27.9. The second-order valence-electron chi connectivity index (χ2n) is 28.2. The minimum Gasteiger partial charge on any atom is -0.393 e. The highest BCUT2D eigenvalue weighted by molar-refractivity contribution is 6.37. The highest BCUT2D eigenvalue weighted by Crippen LogP contribution is 2.66. The van der Waals surface area contributed by atoms with Crippen LogP contribution in [0.5, 0.6) is 0 Å². The number of carbonyl (C=O) groups excluding carboxylic acids is 1. The molecule has 18 bridgehead atoms. The van der Waals surface area contributed by atoms with Crippen LogP contribution in [0.15, 0.2) is 291 Å². The molecule has 107 heavy (non-hydrogen) atoms. The maximum absolute atomic E-state index is 18.4. The third kappa shape index (κ3) is 10.1. The van der Waals surface area contributed by atoms with Gasteiger partial charge in [-0.15, -0.1) is 0 Å². The van der Waals surface area contributed by atoms with Crippen molar-refractivity contribution < 1.29 is 15.0 Å². The molecule has 6 aromatic heterocycles. The van der Waals surface area contributed by atoms with Crippen LogP contribution >= 0.6 is 0 Å². The summed E-state index contributed by atoms with van der Waals surface area (Å²) in [5.74, 6) is -3.55. The number of aromatic amines is 4. The van der Waals surface area contributed by atoms with Crippen molar-refractivity contribution in [1.82, 2.24) is 39.9 Å². The average molecular weight is 1380 g/mol. The molecule has 6 N–H and O–H groups in total. The van der Waals surface area contributed by atoms with E-state index in [0.29, 0.717) is 68.1 Å². The predicted molar refractivity (Wildman–Crippen MR) is 435 cm³/mol. The molecule has 11 heteroatoms. The maximum atomic E-state index is 18.4. The van der Waals surface area contributed by atoms with Crippen molar-refractivity contribution >= 4 is 96.5 Å². The molecule has 0 fully saturated rings. The van der Waals surface area contributed by atoms with Crippen LogP contribution in [0, 0.1) is 17.8 Å². The number of ketones is 1. The fourth-order valence-corrected chi connectivity index (χ4v) is 17.8. The molecular formula is C96H68N8O3. The Morgan fingerprint density at radius 1 is 0.308 bits per heavy atom.